The fourth-order valence-corrected chi connectivity index (χ4v) is 0.804. The van der Waals surface area contributed by atoms with Gasteiger partial charge in [0.1, 0.15) is 5.88 Å². The third kappa shape index (κ3) is 3.36. The van der Waals surface area contributed by atoms with Crippen LogP contribution in [0.5, 0.6) is 0 Å². The van der Waals surface area contributed by atoms with Crippen LogP contribution < -0.4 is 0 Å². The topological polar surface area (TPSA) is 64.8 Å². The standard InChI is InChI=1S/C7H8N2O2S/c10-12(11)6-8-9-7-4-2-1-3-5-7/h1-5H,6H2,(H,10,11)/p-1. The molecule has 0 spiro atoms. The van der Waals surface area contributed by atoms with Gasteiger partial charge in [0.05, 0.1) is 5.69 Å². The van der Waals surface area contributed by atoms with Crippen molar-refractivity contribution in [3.63, 3.8) is 0 Å². The smallest absolute Gasteiger partial charge is 0.122 e. The van der Waals surface area contributed by atoms with E-state index in [1.165, 1.54) is 0 Å². The van der Waals surface area contributed by atoms with E-state index in [1.807, 2.05) is 18.2 Å². The maximum absolute atomic E-state index is 10.0. The van der Waals surface area contributed by atoms with Crippen molar-refractivity contribution in [2.24, 2.45) is 10.2 Å². The van der Waals surface area contributed by atoms with Crippen molar-refractivity contribution >= 4 is 16.8 Å². The van der Waals surface area contributed by atoms with Crippen LogP contribution in [0.25, 0.3) is 0 Å². The summed E-state index contributed by atoms with van der Waals surface area (Å²) in [6, 6.07) is 8.96. The lowest BCUT2D eigenvalue weighted by Gasteiger charge is -1.96. The first-order chi connectivity index (χ1) is 5.79. The molecular formula is C7H7N2O2S-. The van der Waals surface area contributed by atoms with Crippen LogP contribution in [0.4, 0.5) is 5.69 Å². The molecule has 0 saturated heterocycles. The second-order valence-electron chi connectivity index (χ2n) is 2.01. The maximum atomic E-state index is 10.0. The first-order valence-corrected chi connectivity index (χ1v) is 4.52. The molecule has 12 heavy (non-hydrogen) atoms. The van der Waals surface area contributed by atoms with E-state index in [0.717, 1.165) is 0 Å². The molecule has 1 atom stereocenters. The van der Waals surface area contributed by atoms with E-state index < -0.39 is 11.1 Å². The van der Waals surface area contributed by atoms with Crippen molar-refractivity contribution in [3.05, 3.63) is 30.3 Å². The van der Waals surface area contributed by atoms with E-state index in [4.69, 9.17) is 0 Å². The summed E-state index contributed by atoms with van der Waals surface area (Å²) in [5, 5.41) is 7.13. The lowest BCUT2D eigenvalue weighted by Crippen LogP contribution is -1.88. The van der Waals surface area contributed by atoms with E-state index in [9.17, 15) is 8.76 Å². The minimum absolute atomic E-state index is 0.283. The third-order valence-electron chi connectivity index (χ3n) is 1.11. The highest BCUT2D eigenvalue weighted by molar-refractivity contribution is 7.79. The molecule has 0 N–H and O–H groups in total. The summed E-state index contributed by atoms with van der Waals surface area (Å²) in [5.74, 6) is -0.283. The Bertz CT molecular complexity index is 287. The van der Waals surface area contributed by atoms with Gasteiger partial charge < -0.3 is 4.55 Å². The highest BCUT2D eigenvalue weighted by atomic mass is 32.2. The summed E-state index contributed by atoms with van der Waals surface area (Å²) < 4.78 is 20.1. The minimum atomic E-state index is -2.15. The number of nitrogens with zero attached hydrogens (tertiary/aromatic N) is 2. The van der Waals surface area contributed by atoms with Gasteiger partial charge in [-0.3, -0.25) is 4.21 Å². The molecule has 64 valence electrons. The van der Waals surface area contributed by atoms with Gasteiger partial charge in [-0.25, -0.2) is 0 Å². The van der Waals surface area contributed by atoms with E-state index in [0.29, 0.717) is 5.69 Å². The van der Waals surface area contributed by atoms with Gasteiger partial charge in [-0.15, -0.1) is 0 Å². The average Bonchev–Trinajstić information content (AvgIpc) is 2.05. The quantitative estimate of drug-likeness (QED) is 0.527. The molecule has 0 heterocycles. The largest absolute Gasteiger partial charge is 0.771 e. The maximum Gasteiger partial charge on any atom is 0.122 e. The van der Waals surface area contributed by atoms with Crippen LogP contribution in [0, 0.1) is 0 Å². The third-order valence-corrected chi connectivity index (χ3v) is 1.43. The van der Waals surface area contributed by atoms with Crippen LogP contribution in [0.1, 0.15) is 0 Å². The van der Waals surface area contributed by atoms with Gasteiger partial charge >= 0.3 is 0 Å². The molecule has 1 unspecified atom stereocenters. The highest BCUT2D eigenvalue weighted by Gasteiger charge is 1.83. The van der Waals surface area contributed by atoms with Crippen molar-refractivity contribution in [3.8, 4) is 0 Å². The monoisotopic (exact) mass is 183 g/mol. The van der Waals surface area contributed by atoms with Gasteiger partial charge in [-0.2, -0.15) is 10.2 Å². The Kier molecular flexibility index (Phi) is 3.56. The van der Waals surface area contributed by atoms with Crippen molar-refractivity contribution in [1.29, 1.82) is 0 Å². The van der Waals surface area contributed by atoms with Crippen LogP contribution in [-0.4, -0.2) is 14.6 Å². The van der Waals surface area contributed by atoms with E-state index in [2.05, 4.69) is 10.2 Å². The summed E-state index contributed by atoms with van der Waals surface area (Å²) in [6.45, 7) is 0. The number of benzene rings is 1. The summed E-state index contributed by atoms with van der Waals surface area (Å²) in [5.41, 5.74) is 0.656. The number of hydrogen-bond donors (Lipinski definition) is 0. The molecule has 0 aliphatic rings. The van der Waals surface area contributed by atoms with Gasteiger partial charge in [0.25, 0.3) is 0 Å². The van der Waals surface area contributed by atoms with Gasteiger partial charge in [0, 0.05) is 0 Å². The van der Waals surface area contributed by atoms with Gasteiger partial charge in [0.2, 0.25) is 0 Å². The Morgan fingerprint density at radius 3 is 2.58 bits per heavy atom. The molecule has 0 aromatic heterocycles. The van der Waals surface area contributed by atoms with Gasteiger partial charge in [0.15, 0.2) is 0 Å². The van der Waals surface area contributed by atoms with Crippen LogP contribution in [-0.2, 0) is 11.1 Å². The zero-order valence-electron chi connectivity index (χ0n) is 6.21. The number of hydrogen-bond acceptors (Lipinski definition) is 4. The summed E-state index contributed by atoms with van der Waals surface area (Å²) in [4.78, 5) is 0. The first kappa shape index (κ1) is 9.02. The fraction of sp³-hybridized carbons (Fsp3) is 0.143. The molecular weight excluding hydrogens is 176 g/mol. The van der Waals surface area contributed by atoms with Crippen LogP contribution >= 0.6 is 0 Å². The van der Waals surface area contributed by atoms with Crippen molar-refractivity contribution in [1.82, 2.24) is 0 Å². The predicted octanol–water partition coefficient (Wildman–Crippen LogP) is 1.61. The Labute approximate surface area is 72.6 Å². The predicted molar refractivity (Wildman–Crippen MR) is 44.7 cm³/mol. The van der Waals surface area contributed by atoms with Crippen molar-refractivity contribution in [2.75, 3.05) is 5.88 Å². The lowest BCUT2D eigenvalue weighted by molar-refractivity contribution is 0.536. The number of rotatable bonds is 3. The Hall–Kier alpha value is -1.07. The second kappa shape index (κ2) is 4.74. The molecule has 1 rings (SSSR count). The van der Waals surface area contributed by atoms with E-state index in [1.54, 1.807) is 12.1 Å². The molecule has 5 heteroatoms. The molecule has 0 radical (unpaired) electrons. The second-order valence-corrected chi connectivity index (χ2v) is 2.88. The van der Waals surface area contributed by atoms with Gasteiger partial charge in [-0.1, -0.05) is 18.2 Å². The molecule has 0 aliphatic carbocycles. The average molecular weight is 183 g/mol. The first-order valence-electron chi connectivity index (χ1n) is 3.27. The van der Waals surface area contributed by atoms with E-state index in [-0.39, 0.29) is 5.88 Å². The fourth-order valence-electron chi connectivity index (χ4n) is 0.652. The Morgan fingerprint density at radius 1 is 1.33 bits per heavy atom. The van der Waals surface area contributed by atoms with Crippen LogP contribution in [0.15, 0.2) is 40.6 Å². The van der Waals surface area contributed by atoms with Gasteiger partial charge in [-0.05, 0) is 23.2 Å². The molecule has 0 aliphatic heterocycles. The van der Waals surface area contributed by atoms with E-state index >= 15 is 0 Å². The molecule has 0 bridgehead atoms. The van der Waals surface area contributed by atoms with Crippen molar-refractivity contribution < 1.29 is 8.76 Å². The summed E-state index contributed by atoms with van der Waals surface area (Å²) >= 11 is -2.15. The summed E-state index contributed by atoms with van der Waals surface area (Å²) in [6.07, 6.45) is 0. The zero-order chi connectivity index (χ0) is 8.81. The molecule has 1 aromatic carbocycles. The molecule has 0 fully saturated rings. The summed E-state index contributed by atoms with van der Waals surface area (Å²) in [7, 11) is 0. The van der Waals surface area contributed by atoms with Crippen LogP contribution in [0.2, 0.25) is 0 Å². The molecule has 0 saturated carbocycles. The Morgan fingerprint density at radius 2 is 2.00 bits per heavy atom. The minimum Gasteiger partial charge on any atom is -0.771 e. The van der Waals surface area contributed by atoms with Crippen LogP contribution in [0.3, 0.4) is 0 Å². The normalized spacial score (nSPS) is 13.4. The highest BCUT2D eigenvalue weighted by Crippen LogP contribution is 2.09. The molecule has 1 aromatic rings. The molecule has 4 nitrogen and oxygen atoms in total. The zero-order valence-corrected chi connectivity index (χ0v) is 7.03. The number of azo groups is 1. The molecule has 0 amide bonds. The SMILES string of the molecule is O=S([O-])CN=Nc1ccccc1. The lowest BCUT2D eigenvalue weighted by atomic mass is 10.3. The Balaban J connectivity index is 2.52. The van der Waals surface area contributed by atoms with Crippen molar-refractivity contribution in [2.45, 2.75) is 0 Å².